The highest BCUT2D eigenvalue weighted by molar-refractivity contribution is 5.89. The monoisotopic (exact) mass is 464 g/mol. The third kappa shape index (κ3) is 6.28. The molecule has 34 heavy (non-hydrogen) atoms. The third-order valence-electron chi connectivity index (χ3n) is 5.60. The molecule has 3 aromatic carbocycles. The zero-order valence-corrected chi connectivity index (χ0v) is 18.6. The molecule has 0 spiro atoms. The summed E-state index contributed by atoms with van der Waals surface area (Å²) in [7, 11) is 0. The first-order valence-electron chi connectivity index (χ1n) is 11.2. The Kier molecular flexibility index (Phi) is 8.41. The van der Waals surface area contributed by atoms with Crippen LogP contribution in [0.4, 0.5) is 0 Å². The van der Waals surface area contributed by atoms with E-state index in [1.807, 2.05) is 60.7 Å². The molecule has 178 valence electrons. The lowest BCUT2D eigenvalue weighted by Gasteiger charge is -2.42. The summed E-state index contributed by atoms with van der Waals surface area (Å²) < 4.78 is 22.9. The molecule has 2 N–H and O–H groups in total. The largest absolute Gasteiger partial charge is 0.459 e. The number of carbonyl (C=O) groups excluding carboxylic acids is 1. The first-order chi connectivity index (χ1) is 16.6. The summed E-state index contributed by atoms with van der Waals surface area (Å²) >= 11 is 0. The molecule has 0 radical (unpaired) electrons. The number of aliphatic hydroxyl groups excluding tert-OH is 2. The summed E-state index contributed by atoms with van der Waals surface area (Å²) in [5, 5.41) is 21.7. The number of esters is 1. The van der Waals surface area contributed by atoms with Crippen molar-refractivity contribution in [2.45, 2.75) is 43.9 Å². The van der Waals surface area contributed by atoms with Gasteiger partial charge in [-0.25, -0.2) is 4.79 Å². The third-order valence-corrected chi connectivity index (χ3v) is 5.60. The number of aliphatic hydroxyl groups is 2. The maximum Gasteiger partial charge on any atom is 0.338 e. The first kappa shape index (κ1) is 24.1. The van der Waals surface area contributed by atoms with Gasteiger partial charge in [0.25, 0.3) is 0 Å². The maximum atomic E-state index is 12.3. The molecule has 0 bridgehead atoms. The van der Waals surface area contributed by atoms with E-state index in [0.29, 0.717) is 5.56 Å². The zero-order valence-electron chi connectivity index (χ0n) is 18.6. The Morgan fingerprint density at radius 2 is 1.24 bits per heavy atom. The second-order valence-electron chi connectivity index (χ2n) is 8.04. The average molecular weight is 465 g/mol. The van der Waals surface area contributed by atoms with Gasteiger partial charge in [-0.3, -0.25) is 0 Å². The van der Waals surface area contributed by atoms with Crippen LogP contribution < -0.4 is 0 Å². The molecular formula is C27H28O7. The first-order valence-corrected chi connectivity index (χ1v) is 11.2. The van der Waals surface area contributed by atoms with Crippen LogP contribution in [0.5, 0.6) is 0 Å². The summed E-state index contributed by atoms with van der Waals surface area (Å²) in [6.07, 6.45) is -5.42. The van der Waals surface area contributed by atoms with Gasteiger partial charge in [-0.1, -0.05) is 78.9 Å². The molecule has 4 rings (SSSR count). The Labute approximate surface area is 198 Å². The summed E-state index contributed by atoms with van der Waals surface area (Å²) in [6.45, 7) is 0.164. The molecule has 3 aromatic rings. The van der Waals surface area contributed by atoms with Crippen molar-refractivity contribution in [3.8, 4) is 0 Å². The van der Waals surface area contributed by atoms with E-state index in [1.54, 1.807) is 30.3 Å². The van der Waals surface area contributed by atoms with Gasteiger partial charge in [0.1, 0.15) is 31.0 Å². The van der Waals surface area contributed by atoms with Crippen molar-refractivity contribution in [1.82, 2.24) is 0 Å². The molecule has 1 aliphatic heterocycles. The highest BCUT2D eigenvalue weighted by Gasteiger charge is 2.46. The quantitative estimate of drug-likeness (QED) is 0.470. The van der Waals surface area contributed by atoms with E-state index in [0.717, 1.165) is 11.1 Å². The van der Waals surface area contributed by atoms with Gasteiger partial charge in [-0.05, 0) is 23.3 Å². The minimum absolute atomic E-state index is 0.205. The highest BCUT2D eigenvalue weighted by Crippen LogP contribution is 2.27. The minimum Gasteiger partial charge on any atom is -0.459 e. The van der Waals surface area contributed by atoms with E-state index in [4.69, 9.17) is 18.9 Å². The maximum absolute atomic E-state index is 12.3. The zero-order chi connectivity index (χ0) is 23.8. The Hall–Kier alpha value is -3.07. The normalized spacial score (nSPS) is 24.5. The van der Waals surface area contributed by atoms with Gasteiger partial charge in [0.05, 0.1) is 18.8 Å². The van der Waals surface area contributed by atoms with Crippen LogP contribution in [0.15, 0.2) is 91.0 Å². The number of hydrogen-bond acceptors (Lipinski definition) is 7. The molecule has 7 nitrogen and oxygen atoms in total. The van der Waals surface area contributed by atoms with Crippen LogP contribution in [0.2, 0.25) is 0 Å². The highest BCUT2D eigenvalue weighted by atomic mass is 16.7. The fourth-order valence-corrected chi connectivity index (χ4v) is 3.76. The molecule has 1 heterocycles. The second-order valence-corrected chi connectivity index (χ2v) is 8.04. The number of benzene rings is 3. The Morgan fingerprint density at radius 1 is 0.735 bits per heavy atom. The SMILES string of the molecule is O=C(OCC1O[C@@H](O)C(OCc2ccccc2)C(OCc2ccccc2)[C@H]1O)c1ccccc1. The van der Waals surface area contributed by atoms with E-state index in [9.17, 15) is 15.0 Å². The van der Waals surface area contributed by atoms with Gasteiger partial charge >= 0.3 is 5.97 Å². The molecule has 3 unspecified atom stereocenters. The van der Waals surface area contributed by atoms with Crippen LogP contribution in [0.1, 0.15) is 21.5 Å². The molecule has 1 saturated heterocycles. The van der Waals surface area contributed by atoms with Gasteiger partial charge < -0.3 is 29.2 Å². The molecular weight excluding hydrogens is 436 g/mol. The molecule has 0 aliphatic carbocycles. The van der Waals surface area contributed by atoms with Crippen molar-refractivity contribution < 1.29 is 34.0 Å². The van der Waals surface area contributed by atoms with E-state index >= 15 is 0 Å². The smallest absolute Gasteiger partial charge is 0.338 e. The van der Waals surface area contributed by atoms with Gasteiger partial charge in [-0.2, -0.15) is 0 Å². The van der Waals surface area contributed by atoms with Crippen LogP contribution in [0, 0.1) is 0 Å². The van der Waals surface area contributed by atoms with Gasteiger partial charge in [-0.15, -0.1) is 0 Å². The van der Waals surface area contributed by atoms with Crippen LogP contribution in [-0.2, 0) is 32.2 Å². The molecule has 0 aromatic heterocycles. The van der Waals surface area contributed by atoms with Crippen LogP contribution in [-0.4, -0.2) is 53.5 Å². The second kappa shape index (κ2) is 11.9. The van der Waals surface area contributed by atoms with E-state index in [1.165, 1.54) is 0 Å². The molecule has 1 aliphatic rings. The van der Waals surface area contributed by atoms with Crippen molar-refractivity contribution in [2.24, 2.45) is 0 Å². The standard InChI is InChI=1S/C27H28O7/c28-23-22(18-33-26(29)21-14-8-3-9-15-21)34-27(30)25(32-17-20-12-6-2-7-13-20)24(23)31-16-19-10-4-1-5-11-19/h1-15,22-25,27-28,30H,16-18H2/t22?,23-,24?,25?,27+/m0/s1. The average Bonchev–Trinajstić information content (AvgIpc) is 2.89. The van der Waals surface area contributed by atoms with Crippen molar-refractivity contribution in [3.05, 3.63) is 108 Å². The fourth-order valence-electron chi connectivity index (χ4n) is 3.76. The van der Waals surface area contributed by atoms with Crippen molar-refractivity contribution in [2.75, 3.05) is 6.61 Å². The summed E-state index contributed by atoms with van der Waals surface area (Å²) in [4.78, 5) is 12.3. The van der Waals surface area contributed by atoms with Gasteiger partial charge in [0.2, 0.25) is 0 Å². The van der Waals surface area contributed by atoms with Crippen LogP contribution in [0.3, 0.4) is 0 Å². The summed E-state index contributed by atoms with van der Waals surface area (Å²) in [5.74, 6) is -0.546. The van der Waals surface area contributed by atoms with E-state index in [2.05, 4.69) is 0 Å². The van der Waals surface area contributed by atoms with Crippen LogP contribution in [0.25, 0.3) is 0 Å². The fraction of sp³-hybridized carbons (Fsp3) is 0.296. The summed E-state index contributed by atoms with van der Waals surface area (Å²) in [5.41, 5.74) is 2.20. The predicted octanol–water partition coefficient (Wildman–Crippen LogP) is 3.09. The number of hydrogen-bond donors (Lipinski definition) is 2. The molecule has 7 heteroatoms. The van der Waals surface area contributed by atoms with E-state index < -0.39 is 36.7 Å². The van der Waals surface area contributed by atoms with E-state index in [-0.39, 0.29) is 19.8 Å². The Bertz CT molecular complexity index is 1010. The Balaban J connectivity index is 1.44. The topological polar surface area (TPSA) is 94.5 Å². The van der Waals surface area contributed by atoms with Crippen molar-refractivity contribution in [1.29, 1.82) is 0 Å². The number of ether oxygens (including phenoxy) is 4. The lowest BCUT2D eigenvalue weighted by Crippen LogP contribution is -2.60. The lowest BCUT2D eigenvalue weighted by molar-refractivity contribution is -0.307. The molecule has 1 fully saturated rings. The van der Waals surface area contributed by atoms with Gasteiger partial charge in [0, 0.05) is 0 Å². The van der Waals surface area contributed by atoms with Gasteiger partial charge in [0.15, 0.2) is 6.29 Å². The predicted molar refractivity (Wildman–Crippen MR) is 124 cm³/mol. The molecule has 0 amide bonds. The number of carbonyl (C=O) groups is 1. The van der Waals surface area contributed by atoms with Crippen molar-refractivity contribution >= 4 is 5.97 Å². The molecule has 0 saturated carbocycles. The molecule has 5 atom stereocenters. The van der Waals surface area contributed by atoms with Crippen molar-refractivity contribution in [3.63, 3.8) is 0 Å². The number of rotatable bonds is 9. The minimum atomic E-state index is -1.38. The van der Waals surface area contributed by atoms with Crippen LogP contribution >= 0.6 is 0 Å². The lowest BCUT2D eigenvalue weighted by atomic mass is 9.98. The Morgan fingerprint density at radius 3 is 1.79 bits per heavy atom. The summed E-state index contributed by atoms with van der Waals surface area (Å²) in [6, 6.07) is 27.5.